The van der Waals surface area contributed by atoms with Crippen molar-refractivity contribution in [1.82, 2.24) is 9.97 Å². The molecule has 98 valence electrons. The van der Waals surface area contributed by atoms with Gasteiger partial charge >= 0.3 is 0 Å². The fraction of sp³-hybridized carbons (Fsp3) is 0.286. The fourth-order valence-electron chi connectivity index (χ4n) is 2.09. The molecule has 1 aromatic heterocycles. The summed E-state index contributed by atoms with van der Waals surface area (Å²) in [5, 5.41) is 0. The molecule has 0 unspecified atom stereocenters. The van der Waals surface area contributed by atoms with Crippen LogP contribution in [0.25, 0.3) is 0 Å². The molecule has 1 saturated carbocycles. The van der Waals surface area contributed by atoms with Gasteiger partial charge in [0.1, 0.15) is 17.5 Å². The molecule has 0 spiro atoms. The highest BCUT2D eigenvalue weighted by atomic mass is 19.1. The van der Waals surface area contributed by atoms with Crippen molar-refractivity contribution in [2.24, 2.45) is 5.84 Å². The molecule has 19 heavy (non-hydrogen) atoms. The van der Waals surface area contributed by atoms with E-state index in [9.17, 15) is 4.39 Å². The number of hydrogen-bond acceptors (Lipinski definition) is 4. The summed E-state index contributed by atoms with van der Waals surface area (Å²) in [6.45, 7) is 0. The van der Waals surface area contributed by atoms with E-state index in [-0.39, 0.29) is 5.82 Å². The SMILES string of the molecule is NNc1cc(C2CC2)nc(Cc2cccc(F)c2)n1. The number of halogens is 1. The molecule has 0 radical (unpaired) electrons. The van der Waals surface area contributed by atoms with Crippen LogP contribution in [-0.4, -0.2) is 9.97 Å². The first-order valence-corrected chi connectivity index (χ1v) is 6.33. The van der Waals surface area contributed by atoms with Gasteiger partial charge in [-0.2, -0.15) is 0 Å². The van der Waals surface area contributed by atoms with Gasteiger partial charge in [-0.15, -0.1) is 0 Å². The van der Waals surface area contributed by atoms with Gasteiger partial charge in [0.25, 0.3) is 0 Å². The van der Waals surface area contributed by atoms with E-state index in [1.54, 1.807) is 6.07 Å². The minimum absolute atomic E-state index is 0.243. The molecule has 0 aliphatic heterocycles. The van der Waals surface area contributed by atoms with Gasteiger partial charge < -0.3 is 5.43 Å². The normalized spacial score (nSPS) is 14.4. The van der Waals surface area contributed by atoms with E-state index in [2.05, 4.69) is 15.4 Å². The number of aromatic nitrogens is 2. The van der Waals surface area contributed by atoms with Crippen LogP contribution in [-0.2, 0) is 6.42 Å². The second kappa shape index (κ2) is 4.93. The summed E-state index contributed by atoms with van der Waals surface area (Å²) in [6, 6.07) is 8.37. The third-order valence-corrected chi connectivity index (χ3v) is 3.19. The molecule has 1 fully saturated rings. The third kappa shape index (κ3) is 2.88. The monoisotopic (exact) mass is 258 g/mol. The summed E-state index contributed by atoms with van der Waals surface area (Å²) in [6.07, 6.45) is 2.84. The summed E-state index contributed by atoms with van der Waals surface area (Å²) < 4.78 is 13.2. The van der Waals surface area contributed by atoms with Gasteiger partial charge in [-0.25, -0.2) is 20.2 Å². The van der Waals surface area contributed by atoms with E-state index in [4.69, 9.17) is 5.84 Å². The first-order valence-electron chi connectivity index (χ1n) is 6.33. The van der Waals surface area contributed by atoms with Crippen molar-refractivity contribution in [2.75, 3.05) is 5.43 Å². The highest BCUT2D eigenvalue weighted by Crippen LogP contribution is 2.39. The van der Waals surface area contributed by atoms with E-state index in [0.29, 0.717) is 24.0 Å². The number of nitrogens with two attached hydrogens (primary N) is 1. The molecule has 5 heteroatoms. The fourth-order valence-corrected chi connectivity index (χ4v) is 2.09. The number of nitrogen functional groups attached to an aromatic ring is 1. The molecular weight excluding hydrogens is 243 g/mol. The molecule has 1 aliphatic carbocycles. The van der Waals surface area contributed by atoms with Crippen LogP contribution in [0, 0.1) is 5.82 Å². The first-order chi connectivity index (χ1) is 9.24. The lowest BCUT2D eigenvalue weighted by atomic mass is 10.1. The zero-order valence-corrected chi connectivity index (χ0v) is 10.4. The number of anilines is 1. The van der Waals surface area contributed by atoms with Crippen LogP contribution in [0.5, 0.6) is 0 Å². The maximum absolute atomic E-state index is 13.2. The quantitative estimate of drug-likeness (QED) is 0.652. The Labute approximate surface area is 110 Å². The molecule has 3 rings (SSSR count). The van der Waals surface area contributed by atoms with Crippen LogP contribution in [0.3, 0.4) is 0 Å². The topological polar surface area (TPSA) is 63.8 Å². The Morgan fingerprint density at radius 2 is 2.11 bits per heavy atom. The lowest BCUT2D eigenvalue weighted by Gasteiger charge is -2.07. The number of benzene rings is 1. The number of nitrogens with one attached hydrogen (secondary N) is 1. The zero-order chi connectivity index (χ0) is 13.2. The van der Waals surface area contributed by atoms with Gasteiger partial charge in [0.2, 0.25) is 0 Å². The van der Waals surface area contributed by atoms with Gasteiger partial charge in [-0.1, -0.05) is 12.1 Å². The average molecular weight is 258 g/mol. The van der Waals surface area contributed by atoms with E-state index in [1.165, 1.54) is 25.0 Å². The molecule has 3 N–H and O–H groups in total. The van der Waals surface area contributed by atoms with Crippen LogP contribution < -0.4 is 11.3 Å². The third-order valence-electron chi connectivity index (χ3n) is 3.19. The Balaban J connectivity index is 1.89. The summed E-state index contributed by atoms with van der Waals surface area (Å²) >= 11 is 0. The second-order valence-electron chi connectivity index (χ2n) is 4.82. The Bertz CT molecular complexity index is 596. The van der Waals surface area contributed by atoms with Gasteiger partial charge in [-0.3, -0.25) is 0 Å². The second-order valence-corrected chi connectivity index (χ2v) is 4.82. The predicted octanol–water partition coefficient (Wildman–Crippen LogP) is 2.37. The molecule has 4 nitrogen and oxygen atoms in total. The van der Waals surface area contributed by atoms with E-state index in [1.807, 2.05) is 12.1 Å². The van der Waals surface area contributed by atoms with Crippen molar-refractivity contribution >= 4 is 5.82 Å². The number of nitrogens with zero attached hydrogens (tertiary/aromatic N) is 2. The minimum Gasteiger partial charge on any atom is -0.308 e. The van der Waals surface area contributed by atoms with Crippen molar-refractivity contribution in [3.8, 4) is 0 Å². The van der Waals surface area contributed by atoms with Crippen molar-refractivity contribution in [2.45, 2.75) is 25.2 Å². The molecular formula is C14H15FN4. The molecule has 1 heterocycles. The lowest BCUT2D eigenvalue weighted by molar-refractivity contribution is 0.625. The van der Waals surface area contributed by atoms with E-state index >= 15 is 0 Å². The molecule has 2 aromatic rings. The predicted molar refractivity (Wildman–Crippen MR) is 71.0 cm³/mol. The summed E-state index contributed by atoms with van der Waals surface area (Å²) in [7, 11) is 0. The standard InChI is InChI=1S/C14H15FN4/c15-11-3-1-2-9(6-11)7-13-17-12(10-4-5-10)8-14(18-13)19-16/h1-3,6,8,10H,4-5,7,16H2,(H,17,18,19). The highest BCUT2D eigenvalue weighted by molar-refractivity contribution is 5.37. The zero-order valence-electron chi connectivity index (χ0n) is 10.4. The van der Waals surface area contributed by atoms with Crippen LogP contribution in [0.2, 0.25) is 0 Å². The Hall–Kier alpha value is -2.01. The van der Waals surface area contributed by atoms with Crippen molar-refractivity contribution in [1.29, 1.82) is 0 Å². The molecule has 1 aromatic carbocycles. The smallest absolute Gasteiger partial charge is 0.143 e. The molecule has 0 amide bonds. The first kappa shape index (κ1) is 12.0. The maximum atomic E-state index is 13.2. The van der Waals surface area contributed by atoms with Crippen LogP contribution >= 0.6 is 0 Å². The van der Waals surface area contributed by atoms with E-state index in [0.717, 1.165) is 11.3 Å². The van der Waals surface area contributed by atoms with Crippen LogP contribution in [0.15, 0.2) is 30.3 Å². The van der Waals surface area contributed by atoms with Gasteiger partial charge in [0.05, 0.1) is 0 Å². The van der Waals surface area contributed by atoms with Crippen molar-refractivity contribution < 1.29 is 4.39 Å². The van der Waals surface area contributed by atoms with Crippen molar-refractivity contribution in [3.63, 3.8) is 0 Å². The molecule has 0 atom stereocenters. The Morgan fingerprint density at radius 3 is 2.79 bits per heavy atom. The summed E-state index contributed by atoms with van der Waals surface area (Å²) in [4.78, 5) is 8.86. The Kier molecular flexibility index (Phi) is 3.13. The molecule has 1 aliphatic rings. The minimum atomic E-state index is -0.243. The number of hydrazine groups is 1. The molecule has 0 bridgehead atoms. The average Bonchev–Trinajstić information content (AvgIpc) is 3.22. The molecule has 0 saturated heterocycles. The highest BCUT2D eigenvalue weighted by Gasteiger charge is 2.26. The summed E-state index contributed by atoms with van der Waals surface area (Å²) in [5.41, 5.74) is 4.44. The van der Waals surface area contributed by atoms with Gasteiger partial charge in [-0.05, 0) is 30.5 Å². The summed E-state index contributed by atoms with van der Waals surface area (Å²) in [5.74, 6) is 7.00. The van der Waals surface area contributed by atoms with Crippen LogP contribution in [0.4, 0.5) is 10.2 Å². The number of rotatable bonds is 4. The van der Waals surface area contributed by atoms with Gasteiger partial charge in [0, 0.05) is 24.1 Å². The Morgan fingerprint density at radius 1 is 1.26 bits per heavy atom. The number of hydrogen-bond donors (Lipinski definition) is 2. The van der Waals surface area contributed by atoms with Crippen molar-refractivity contribution in [3.05, 3.63) is 53.2 Å². The largest absolute Gasteiger partial charge is 0.308 e. The van der Waals surface area contributed by atoms with E-state index < -0.39 is 0 Å². The lowest BCUT2D eigenvalue weighted by Crippen LogP contribution is -2.11. The van der Waals surface area contributed by atoms with Crippen LogP contribution in [0.1, 0.15) is 35.8 Å². The maximum Gasteiger partial charge on any atom is 0.143 e. The van der Waals surface area contributed by atoms with Gasteiger partial charge in [0.15, 0.2) is 0 Å².